The second kappa shape index (κ2) is 8.46. The van der Waals surface area contributed by atoms with Gasteiger partial charge in [-0.05, 0) is 37.2 Å². The summed E-state index contributed by atoms with van der Waals surface area (Å²) in [5.74, 6) is 0.787. The second-order valence-corrected chi connectivity index (χ2v) is 7.30. The molecule has 0 amide bonds. The molecule has 0 saturated heterocycles. The highest BCUT2D eigenvalue weighted by molar-refractivity contribution is 6.08. The number of likely N-dealkylation sites (N-methyl/N-ethyl adjacent to an activating group) is 1. The van der Waals surface area contributed by atoms with Crippen LogP contribution >= 0.6 is 0 Å². The van der Waals surface area contributed by atoms with Gasteiger partial charge in [-0.3, -0.25) is 0 Å². The summed E-state index contributed by atoms with van der Waals surface area (Å²) in [4.78, 5) is 5.71. The first-order valence-electron chi connectivity index (χ1n) is 9.73. The highest BCUT2D eigenvalue weighted by Crippen LogP contribution is 2.27. The van der Waals surface area contributed by atoms with Crippen molar-refractivity contribution in [2.45, 2.75) is 12.5 Å². The molecule has 1 atom stereocenters. The molecule has 4 rings (SSSR count). The van der Waals surface area contributed by atoms with Crippen LogP contribution in [0.2, 0.25) is 0 Å². The maximum atomic E-state index is 10.3. The van der Waals surface area contributed by atoms with E-state index in [1.165, 1.54) is 27.4 Å². The summed E-state index contributed by atoms with van der Waals surface area (Å²) in [6.45, 7) is 1.75. The largest absolute Gasteiger partial charge is 0.491 e. The SMILES string of the molecule is CN(CCc1cccc2c1[nH]c1ccccc12)CC(O)COc1ccccc1. The fraction of sp³-hybridized carbons (Fsp3) is 0.250. The smallest absolute Gasteiger partial charge is 0.119 e. The predicted octanol–water partition coefficient (Wildman–Crippen LogP) is 4.24. The Morgan fingerprint density at radius 1 is 0.929 bits per heavy atom. The van der Waals surface area contributed by atoms with Crippen LogP contribution in [0.5, 0.6) is 5.75 Å². The average Bonchev–Trinajstić information content (AvgIpc) is 3.11. The molecule has 3 aromatic carbocycles. The first-order valence-corrected chi connectivity index (χ1v) is 9.73. The third-order valence-electron chi connectivity index (χ3n) is 5.10. The lowest BCUT2D eigenvalue weighted by molar-refractivity contribution is 0.0767. The van der Waals surface area contributed by atoms with Gasteiger partial charge in [0.1, 0.15) is 18.5 Å². The number of nitrogens with zero attached hydrogens (tertiary/aromatic N) is 1. The van der Waals surface area contributed by atoms with Crippen molar-refractivity contribution in [1.29, 1.82) is 0 Å². The van der Waals surface area contributed by atoms with Gasteiger partial charge in [0.05, 0.1) is 0 Å². The Morgan fingerprint density at radius 2 is 1.68 bits per heavy atom. The maximum absolute atomic E-state index is 10.3. The molecule has 0 saturated carbocycles. The minimum Gasteiger partial charge on any atom is -0.491 e. The minimum absolute atomic E-state index is 0.298. The molecular weight excluding hydrogens is 348 g/mol. The number of aliphatic hydroxyl groups is 1. The zero-order chi connectivity index (χ0) is 19.3. The van der Waals surface area contributed by atoms with E-state index in [9.17, 15) is 5.11 Å². The Hall–Kier alpha value is -2.82. The highest BCUT2D eigenvalue weighted by Gasteiger charge is 2.11. The summed E-state index contributed by atoms with van der Waals surface area (Å²) in [7, 11) is 2.04. The number of benzene rings is 3. The Labute approximate surface area is 165 Å². The zero-order valence-electron chi connectivity index (χ0n) is 16.1. The normalized spacial score (nSPS) is 12.7. The molecule has 0 radical (unpaired) electrons. The van der Waals surface area contributed by atoms with Crippen LogP contribution in [0.25, 0.3) is 21.8 Å². The van der Waals surface area contributed by atoms with Crippen molar-refractivity contribution < 1.29 is 9.84 Å². The number of nitrogens with one attached hydrogen (secondary N) is 1. The van der Waals surface area contributed by atoms with E-state index in [2.05, 4.69) is 52.3 Å². The van der Waals surface area contributed by atoms with E-state index in [1.807, 2.05) is 37.4 Å². The van der Waals surface area contributed by atoms with Crippen LogP contribution in [0.15, 0.2) is 72.8 Å². The number of aromatic nitrogens is 1. The van der Waals surface area contributed by atoms with E-state index < -0.39 is 6.10 Å². The predicted molar refractivity (Wildman–Crippen MR) is 115 cm³/mol. The van der Waals surface area contributed by atoms with Gasteiger partial charge in [0.15, 0.2) is 0 Å². The van der Waals surface area contributed by atoms with Gasteiger partial charge in [-0.25, -0.2) is 0 Å². The molecule has 2 N–H and O–H groups in total. The molecular formula is C24H26N2O2. The summed E-state index contributed by atoms with van der Waals surface area (Å²) in [5, 5.41) is 12.8. The summed E-state index contributed by atoms with van der Waals surface area (Å²) in [6, 6.07) is 24.5. The van der Waals surface area contributed by atoms with Crippen molar-refractivity contribution in [3.63, 3.8) is 0 Å². The van der Waals surface area contributed by atoms with Gasteiger partial charge in [-0.1, -0.05) is 54.6 Å². The van der Waals surface area contributed by atoms with Crippen LogP contribution in [-0.2, 0) is 6.42 Å². The van der Waals surface area contributed by atoms with Gasteiger partial charge in [0.25, 0.3) is 0 Å². The number of rotatable bonds is 8. The number of ether oxygens (including phenoxy) is 1. The number of hydrogen-bond acceptors (Lipinski definition) is 3. The minimum atomic E-state index is -0.519. The quantitative estimate of drug-likeness (QED) is 0.485. The first kappa shape index (κ1) is 18.5. The van der Waals surface area contributed by atoms with Gasteiger partial charge in [0.2, 0.25) is 0 Å². The van der Waals surface area contributed by atoms with Crippen LogP contribution in [0.1, 0.15) is 5.56 Å². The van der Waals surface area contributed by atoms with E-state index in [-0.39, 0.29) is 0 Å². The van der Waals surface area contributed by atoms with E-state index >= 15 is 0 Å². The molecule has 0 aliphatic rings. The van der Waals surface area contributed by atoms with Crippen molar-refractivity contribution in [3.8, 4) is 5.75 Å². The standard InChI is InChI=1S/C24H26N2O2/c1-26(16-19(27)17-28-20-9-3-2-4-10-20)15-14-18-8-7-12-22-21-11-5-6-13-23(21)25-24(18)22/h2-13,19,25,27H,14-17H2,1H3. The third-order valence-corrected chi connectivity index (χ3v) is 5.10. The molecule has 0 bridgehead atoms. The van der Waals surface area contributed by atoms with Gasteiger partial charge >= 0.3 is 0 Å². The van der Waals surface area contributed by atoms with E-state index in [1.54, 1.807) is 0 Å². The fourth-order valence-corrected chi connectivity index (χ4v) is 3.67. The number of aliphatic hydroxyl groups excluding tert-OH is 1. The summed E-state index contributed by atoms with van der Waals surface area (Å²) in [5.41, 5.74) is 3.69. The Kier molecular flexibility index (Phi) is 5.60. The molecule has 0 fully saturated rings. The molecule has 4 heteroatoms. The number of H-pyrrole nitrogens is 1. The molecule has 28 heavy (non-hydrogen) atoms. The lowest BCUT2D eigenvalue weighted by Gasteiger charge is -2.21. The lowest BCUT2D eigenvalue weighted by atomic mass is 10.1. The molecule has 4 aromatic rings. The van der Waals surface area contributed by atoms with Crippen LogP contribution in [0, 0.1) is 0 Å². The number of para-hydroxylation sites is 3. The van der Waals surface area contributed by atoms with Crippen molar-refractivity contribution in [2.75, 3.05) is 26.7 Å². The lowest BCUT2D eigenvalue weighted by Crippen LogP contribution is -2.34. The maximum Gasteiger partial charge on any atom is 0.119 e. The Balaban J connectivity index is 1.35. The van der Waals surface area contributed by atoms with E-state index in [0.717, 1.165) is 18.7 Å². The van der Waals surface area contributed by atoms with Crippen LogP contribution in [0.3, 0.4) is 0 Å². The molecule has 1 aromatic heterocycles. The molecule has 0 spiro atoms. The van der Waals surface area contributed by atoms with Gasteiger partial charge in [0, 0.05) is 34.9 Å². The summed E-state index contributed by atoms with van der Waals surface area (Å²) < 4.78 is 5.64. The topological polar surface area (TPSA) is 48.5 Å². The van der Waals surface area contributed by atoms with Crippen molar-refractivity contribution >= 4 is 21.8 Å². The molecule has 1 heterocycles. The fourth-order valence-electron chi connectivity index (χ4n) is 3.67. The van der Waals surface area contributed by atoms with E-state index in [0.29, 0.717) is 13.2 Å². The molecule has 0 aliphatic carbocycles. The Bertz CT molecular complexity index is 1040. The van der Waals surface area contributed by atoms with Gasteiger partial charge in [-0.2, -0.15) is 0 Å². The second-order valence-electron chi connectivity index (χ2n) is 7.30. The van der Waals surface area contributed by atoms with Gasteiger partial charge in [-0.15, -0.1) is 0 Å². The van der Waals surface area contributed by atoms with Crippen molar-refractivity contribution in [1.82, 2.24) is 9.88 Å². The highest BCUT2D eigenvalue weighted by atomic mass is 16.5. The number of hydrogen-bond donors (Lipinski definition) is 2. The van der Waals surface area contributed by atoms with Gasteiger partial charge < -0.3 is 19.7 Å². The van der Waals surface area contributed by atoms with E-state index in [4.69, 9.17) is 4.74 Å². The molecule has 0 aliphatic heterocycles. The molecule has 4 nitrogen and oxygen atoms in total. The molecule has 1 unspecified atom stereocenters. The number of aromatic amines is 1. The van der Waals surface area contributed by atoms with Crippen molar-refractivity contribution in [3.05, 3.63) is 78.4 Å². The Morgan fingerprint density at radius 3 is 2.54 bits per heavy atom. The first-order chi connectivity index (χ1) is 13.7. The van der Waals surface area contributed by atoms with Crippen molar-refractivity contribution in [2.24, 2.45) is 0 Å². The third kappa shape index (κ3) is 4.19. The average molecular weight is 374 g/mol. The monoisotopic (exact) mass is 374 g/mol. The summed E-state index contributed by atoms with van der Waals surface area (Å²) >= 11 is 0. The van der Waals surface area contributed by atoms with Crippen LogP contribution < -0.4 is 4.74 Å². The number of fused-ring (bicyclic) bond motifs is 3. The summed E-state index contributed by atoms with van der Waals surface area (Å²) in [6.07, 6.45) is 0.404. The van der Waals surface area contributed by atoms with Crippen LogP contribution in [-0.4, -0.2) is 47.8 Å². The zero-order valence-corrected chi connectivity index (χ0v) is 16.1. The molecule has 144 valence electrons. The van der Waals surface area contributed by atoms with Crippen LogP contribution in [0.4, 0.5) is 0 Å².